The molecule has 3 nitrogen and oxygen atoms in total. The zero-order chi connectivity index (χ0) is 18.8. The molecule has 1 heterocycles. The summed E-state index contributed by atoms with van der Waals surface area (Å²) in [7, 11) is 0. The first-order chi connectivity index (χ1) is 13.1. The van der Waals surface area contributed by atoms with E-state index in [4.69, 9.17) is 23.2 Å². The monoisotopic (exact) mass is 392 g/mol. The Hall–Kier alpha value is -2.88. The summed E-state index contributed by atoms with van der Waals surface area (Å²) < 4.78 is 0. The van der Waals surface area contributed by atoms with Gasteiger partial charge in [-0.3, -0.25) is 9.78 Å². The van der Waals surface area contributed by atoms with E-state index in [-0.39, 0.29) is 11.5 Å². The van der Waals surface area contributed by atoms with E-state index < -0.39 is 0 Å². The molecule has 0 saturated carbocycles. The summed E-state index contributed by atoms with van der Waals surface area (Å²) in [4.78, 5) is 17.2. The van der Waals surface area contributed by atoms with Crippen LogP contribution < -0.4 is 5.32 Å². The quantitative estimate of drug-likeness (QED) is 0.434. The maximum atomic E-state index is 12.7. The maximum Gasteiger partial charge on any atom is 0.258 e. The number of rotatable bonds is 3. The van der Waals surface area contributed by atoms with Crippen molar-refractivity contribution in [1.29, 1.82) is 0 Å². The average Bonchev–Trinajstić information content (AvgIpc) is 2.68. The van der Waals surface area contributed by atoms with Crippen molar-refractivity contribution in [3.8, 4) is 11.1 Å². The number of nitrogens with one attached hydrogen (secondary N) is 1. The van der Waals surface area contributed by atoms with Crippen molar-refractivity contribution in [3.05, 3.63) is 94.6 Å². The molecule has 0 aliphatic rings. The number of aromatic nitrogens is 1. The van der Waals surface area contributed by atoms with E-state index in [2.05, 4.69) is 16.4 Å². The lowest BCUT2D eigenvalue weighted by Gasteiger charge is -2.11. The summed E-state index contributed by atoms with van der Waals surface area (Å²) in [6, 6.07) is 22.7. The van der Waals surface area contributed by atoms with Crippen molar-refractivity contribution in [2.24, 2.45) is 0 Å². The number of fused-ring (bicyclic) bond motifs is 1. The first-order valence-corrected chi connectivity index (χ1v) is 9.08. The number of nitrogens with zero attached hydrogens (tertiary/aromatic N) is 1. The number of anilines is 1. The normalized spacial score (nSPS) is 10.7. The molecular weight excluding hydrogens is 379 g/mol. The number of amides is 1. The molecule has 0 fully saturated rings. The Labute approximate surface area is 166 Å². The van der Waals surface area contributed by atoms with Crippen LogP contribution in [-0.2, 0) is 0 Å². The summed E-state index contributed by atoms with van der Waals surface area (Å²) in [5.41, 5.74) is 3.66. The first kappa shape index (κ1) is 17.5. The number of hydrogen-bond acceptors (Lipinski definition) is 2. The average molecular weight is 393 g/mol. The molecule has 0 atom stereocenters. The Balaban J connectivity index is 1.72. The lowest BCUT2D eigenvalue weighted by Crippen LogP contribution is -2.13. The van der Waals surface area contributed by atoms with Crippen molar-refractivity contribution >= 4 is 45.7 Å². The molecule has 132 valence electrons. The zero-order valence-corrected chi connectivity index (χ0v) is 15.6. The molecule has 0 bridgehead atoms. The van der Waals surface area contributed by atoms with E-state index in [0.717, 1.165) is 16.5 Å². The molecule has 0 radical (unpaired) electrons. The molecule has 4 aromatic rings. The van der Waals surface area contributed by atoms with Crippen molar-refractivity contribution in [2.75, 3.05) is 5.32 Å². The van der Waals surface area contributed by atoms with Crippen LogP contribution in [0.15, 0.2) is 79.0 Å². The van der Waals surface area contributed by atoms with Gasteiger partial charge in [0.15, 0.2) is 0 Å². The van der Waals surface area contributed by atoms with Crippen molar-refractivity contribution < 1.29 is 4.79 Å². The smallest absolute Gasteiger partial charge is 0.258 e. The van der Waals surface area contributed by atoms with Crippen LogP contribution in [0.4, 0.5) is 5.69 Å². The van der Waals surface area contributed by atoms with Gasteiger partial charge >= 0.3 is 0 Å². The second-order valence-corrected chi connectivity index (χ2v) is 6.83. The molecule has 3 aromatic carbocycles. The maximum absolute atomic E-state index is 12.7. The van der Waals surface area contributed by atoms with Gasteiger partial charge in [-0.15, -0.1) is 0 Å². The highest BCUT2D eigenvalue weighted by Gasteiger charge is 2.16. The van der Waals surface area contributed by atoms with E-state index in [1.54, 1.807) is 30.5 Å². The Morgan fingerprint density at radius 2 is 1.52 bits per heavy atom. The minimum Gasteiger partial charge on any atom is -0.320 e. The third-order valence-corrected chi connectivity index (χ3v) is 4.89. The summed E-state index contributed by atoms with van der Waals surface area (Å²) >= 11 is 12.3. The highest BCUT2D eigenvalue weighted by Crippen LogP contribution is 2.29. The fraction of sp³-hybridized carbons (Fsp3) is 0. The van der Waals surface area contributed by atoms with Gasteiger partial charge in [-0.2, -0.15) is 0 Å². The highest BCUT2D eigenvalue weighted by molar-refractivity contribution is 6.40. The van der Waals surface area contributed by atoms with Gasteiger partial charge in [0.2, 0.25) is 0 Å². The van der Waals surface area contributed by atoms with Crippen LogP contribution in [0.5, 0.6) is 0 Å². The summed E-state index contributed by atoms with van der Waals surface area (Å²) in [5, 5.41) is 4.41. The van der Waals surface area contributed by atoms with E-state index in [0.29, 0.717) is 21.2 Å². The number of halogens is 2. The molecule has 1 N–H and O–H groups in total. The molecule has 0 aliphatic heterocycles. The van der Waals surface area contributed by atoms with Gasteiger partial charge < -0.3 is 5.32 Å². The standard InChI is InChI=1S/C22H14Cl2N2O/c23-17-9-5-10-18(24)20(17)22(27)26-19-11-4-8-15-12-16(13-25-21(15)19)14-6-2-1-3-7-14/h1-13H,(H,26,27). The second kappa shape index (κ2) is 7.39. The number of carbonyl (C=O) groups is 1. The van der Waals surface area contributed by atoms with E-state index in [9.17, 15) is 4.79 Å². The summed E-state index contributed by atoms with van der Waals surface area (Å²) in [6.07, 6.45) is 1.80. The van der Waals surface area contributed by atoms with Crippen LogP contribution in [0.1, 0.15) is 10.4 Å². The van der Waals surface area contributed by atoms with E-state index in [1.807, 2.05) is 42.5 Å². The molecule has 4 rings (SSSR count). The van der Waals surface area contributed by atoms with Gasteiger partial charge in [-0.05, 0) is 29.8 Å². The predicted molar refractivity (Wildman–Crippen MR) is 112 cm³/mol. The molecule has 1 amide bonds. The number of pyridine rings is 1. The highest BCUT2D eigenvalue weighted by atomic mass is 35.5. The van der Waals surface area contributed by atoms with Crippen molar-refractivity contribution in [2.45, 2.75) is 0 Å². The second-order valence-electron chi connectivity index (χ2n) is 6.02. The molecule has 0 unspecified atom stereocenters. The molecule has 27 heavy (non-hydrogen) atoms. The van der Waals surface area contributed by atoms with Gasteiger partial charge in [0.25, 0.3) is 5.91 Å². The zero-order valence-electron chi connectivity index (χ0n) is 14.1. The van der Waals surface area contributed by atoms with Crippen molar-refractivity contribution in [1.82, 2.24) is 4.98 Å². The third-order valence-electron chi connectivity index (χ3n) is 4.26. The first-order valence-electron chi connectivity index (χ1n) is 8.33. The number of hydrogen-bond donors (Lipinski definition) is 1. The molecule has 0 saturated heterocycles. The minimum atomic E-state index is -0.368. The fourth-order valence-corrected chi connectivity index (χ4v) is 3.52. The van der Waals surface area contributed by atoms with Gasteiger partial charge in [-0.1, -0.05) is 71.7 Å². The van der Waals surface area contributed by atoms with E-state index >= 15 is 0 Å². The lowest BCUT2D eigenvalue weighted by molar-refractivity contribution is 0.102. The third kappa shape index (κ3) is 3.52. The Morgan fingerprint density at radius 3 is 2.26 bits per heavy atom. The summed E-state index contributed by atoms with van der Waals surface area (Å²) in [6.45, 7) is 0. The molecule has 5 heteroatoms. The van der Waals surface area contributed by atoms with Gasteiger partial charge in [0.05, 0.1) is 26.8 Å². The van der Waals surface area contributed by atoms with E-state index in [1.165, 1.54) is 0 Å². The largest absolute Gasteiger partial charge is 0.320 e. The number of para-hydroxylation sites is 1. The molecule has 1 aromatic heterocycles. The van der Waals surface area contributed by atoms with Crippen LogP contribution in [0.25, 0.3) is 22.0 Å². The number of carbonyl (C=O) groups excluding carboxylic acids is 1. The topological polar surface area (TPSA) is 42.0 Å². The van der Waals surface area contributed by atoms with Crippen molar-refractivity contribution in [3.63, 3.8) is 0 Å². The molecule has 0 spiro atoms. The Kier molecular flexibility index (Phi) is 4.80. The minimum absolute atomic E-state index is 0.249. The molecular formula is C22H14Cl2N2O. The Bertz CT molecular complexity index is 1120. The SMILES string of the molecule is O=C(Nc1cccc2cc(-c3ccccc3)cnc12)c1c(Cl)cccc1Cl. The lowest BCUT2D eigenvalue weighted by atomic mass is 10.0. The predicted octanol–water partition coefficient (Wildman–Crippen LogP) is 6.46. The fourth-order valence-electron chi connectivity index (χ4n) is 2.95. The van der Waals surface area contributed by atoms with Crippen LogP contribution in [0.2, 0.25) is 10.0 Å². The van der Waals surface area contributed by atoms with Crippen LogP contribution in [0, 0.1) is 0 Å². The van der Waals surface area contributed by atoms with Crippen LogP contribution in [0.3, 0.4) is 0 Å². The molecule has 0 aliphatic carbocycles. The van der Waals surface area contributed by atoms with Crippen LogP contribution in [-0.4, -0.2) is 10.9 Å². The van der Waals surface area contributed by atoms with Gasteiger partial charge in [0.1, 0.15) is 0 Å². The van der Waals surface area contributed by atoms with Crippen LogP contribution >= 0.6 is 23.2 Å². The Morgan fingerprint density at radius 1 is 0.815 bits per heavy atom. The number of benzene rings is 3. The van der Waals surface area contributed by atoms with Gasteiger partial charge in [-0.25, -0.2) is 0 Å². The van der Waals surface area contributed by atoms with Gasteiger partial charge in [0, 0.05) is 17.1 Å². The summed E-state index contributed by atoms with van der Waals surface area (Å²) in [5.74, 6) is -0.368.